The van der Waals surface area contributed by atoms with E-state index < -0.39 is 11.7 Å². The van der Waals surface area contributed by atoms with Crippen LogP contribution in [0, 0.1) is 0 Å². The summed E-state index contributed by atoms with van der Waals surface area (Å²) in [6, 6.07) is 0. The number of aliphatic hydroxyl groups excluding tert-OH is 1. The summed E-state index contributed by atoms with van der Waals surface area (Å²) in [5.74, 6) is -0.162. The van der Waals surface area contributed by atoms with Gasteiger partial charge in [0.1, 0.15) is 0 Å². The Kier molecular flexibility index (Phi) is 2.92. The van der Waals surface area contributed by atoms with Gasteiger partial charge < -0.3 is 10.2 Å². The Morgan fingerprint density at radius 1 is 1.57 bits per heavy atom. The number of hydrogen-bond donors (Lipinski definition) is 2. The van der Waals surface area contributed by atoms with Gasteiger partial charge in [-0.25, -0.2) is 0 Å². The zero-order valence-electron chi connectivity index (χ0n) is 3.56. The molecule has 0 rings (SSSR count). The average Bonchev–Trinajstić information content (AvgIpc) is 1.68. The van der Waals surface area contributed by atoms with Crippen molar-refractivity contribution >= 4 is 23.2 Å². The molecular formula is C3H6Cl2O2. The van der Waals surface area contributed by atoms with Crippen LogP contribution in [0.1, 0.15) is 0 Å². The Hall–Kier alpha value is 0.500. The van der Waals surface area contributed by atoms with E-state index in [9.17, 15) is 0 Å². The Labute approximate surface area is 51.7 Å². The third kappa shape index (κ3) is 3.12. The molecule has 0 saturated carbocycles. The molecule has 0 spiro atoms. The summed E-state index contributed by atoms with van der Waals surface area (Å²) < 4.78 is 0. The van der Waals surface area contributed by atoms with Crippen molar-refractivity contribution in [2.45, 2.75) is 5.06 Å². The topological polar surface area (TPSA) is 40.5 Å². The second kappa shape index (κ2) is 2.72. The van der Waals surface area contributed by atoms with Gasteiger partial charge in [0.05, 0.1) is 12.5 Å². The Morgan fingerprint density at radius 3 is 2.00 bits per heavy atom. The summed E-state index contributed by atoms with van der Waals surface area (Å²) in [7, 11) is 0. The van der Waals surface area contributed by atoms with Crippen LogP contribution in [0.15, 0.2) is 0 Å². The van der Waals surface area contributed by atoms with E-state index in [1.807, 2.05) is 0 Å². The van der Waals surface area contributed by atoms with E-state index in [0.717, 1.165) is 0 Å². The Morgan fingerprint density at radius 2 is 2.00 bits per heavy atom. The van der Waals surface area contributed by atoms with Gasteiger partial charge >= 0.3 is 0 Å². The third-order valence-corrected chi connectivity index (χ3v) is 1.28. The second-order valence-electron chi connectivity index (χ2n) is 1.21. The minimum absolute atomic E-state index is 0.162. The molecule has 0 fully saturated rings. The molecule has 0 aliphatic carbocycles. The van der Waals surface area contributed by atoms with Crippen LogP contribution in [-0.2, 0) is 0 Å². The van der Waals surface area contributed by atoms with E-state index in [2.05, 4.69) is 0 Å². The standard InChI is InChI=1S/C3H6Cl2O2/c4-1-3(5,7)2-6/h6-7H,1-2H2. The maximum absolute atomic E-state index is 8.52. The molecule has 0 aliphatic rings. The highest BCUT2D eigenvalue weighted by atomic mass is 35.5. The molecule has 7 heavy (non-hydrogen) atoms. The normalized spacial score (nSPS) is 18.9. The molecule has 0 aliphatic heterocycles. The van der Waals surface area contributed by atoms with Crippen molar-refractivity contribution in [1.82, 2.24) is 0 Å². The monoisotopic (exact) mass is 144 g/mol. The van der Waals surface area contributed by atoms with Crippen LogP contribution in [-0.4, -0.2) is 27.8 Å². The number of hydrogen-bond acceptors (Lipinski definition) is 2. The van der Waals surface area contributed by atoms with Gasteiger partial charge in [-0.2, -0.15) is 0 Å². The first-order valence-electron chi connectivity index (χ1n) is 1.70. The molecule has 4 heteroatoms. The summed E-state index contributed by atoms with van der Waals surface area (Å²) in [6.07, 6.45) is 0. The van der Waals surface area contributed by atoms with E-state index in [1.165, 1.54) is 0 Å². The maximum Gasteiger partial charge on any atom is 0.175 e. The van der Waals surface area contributed by atoms with Crippen LogP contribution in [0.3, 0.4) is 0 Å². The smallest absolute Gasteiger partial charge is 0.175 e. The van der Waals surface area contributed by atoms with Gasteiger partial charge in [-0.1, -0.05) is 11.6 Å². The predicted molar refractivity (Wildman–Crippen MR) is 28.6 cm³/mol. The van der Waals surface area contributed by atoms with Crippen LogP contribution >= 0.6 is 23.2 Å². The summed E-state index contributed by atoms with van der Waals surface area (Å²) >= 11 is 10.1. The second-order valence-corrected chi connectivity index (χ2v) is 2.18. The molecule has 0 aromatic carbocycles. The highest BCUT2D eigenvalue weighted by Gasteiger charge is 2.19. The average molecular weight is 145 g/mol. The van der Waals surface area contributed by atoms with E-state index >= 15 is 0 Å². The van der Waals surface area contributed by atoms with Crippen molar-refractivity contribution in [3.63, 3.8) is 0 Å². The van der Waals surface area contributed by atoms with Crippen LogP contribution in [0.25, 0.3) is 0 Å². The SMILES string of the molecule is OCC(O)(Cl)CCl. The Balaban J connectivity index is 3.36. The molecule has 0 radical (unpaired) electrons. The fourth-order valence-electron chi connectivity index (χ4n) is 0.0423. The highest BCUT2D eigenvalue weighted by molar-refractivity contribution is 6.29. The summed E-state index contributed by atoms with van der Waals surface area (Å²) in [5, 5.41) is 15.0. The molecular weight excluding hydrogens is 139 g/mol. The molecule has 0 bridgehead atoms. The Bertz CT molecular complexity index is 48.9. The number of halogens is 2. The van der Waals surface area contributed by atoms with Crippen molar-refractivity contribution in [3.05, 3.63) is 0 Å². The molecule has 44 valence electrons. The van der Waals surface area contributed by atoms with Gasteiger partial charge in [0.25, 0.3) is 0 Å². The molecule has 0 saturated heterocycles. The molecule has 0 amide bonds. The first-order valence-corrected chi connectivity index (χ1v) is 2.62. The van der Waals surface area contributed by atoms with E-state index in [4.69, 9.17) is 33.4 Å². The van der Waals surface area contributed by atoms with E-state index in [1.54, 1.807) is 0 Å². The van der Waals surface area contributed by atoms with Gasteiger partial charge in [0, 0.05) is 0 Å². The lowest BCUT2D eigenvalue weighted by Crippen LogP contribution is -2.27. The third-order valence-electron chi connectivity index (χ3n) is 0.447. The van der Waals surface area contributed by atoms with E-state index in [-0.39, 0.29) is 5.88 Å². The maximum atomic E-state index is 8.52. The lowest BCUT2D eigenvalue weighted by molar-refractivity contribution is 0.0763. The van der Waals surface area contributed by atoms with E-state index in [0.29, 0.717) is 0 Å². The zero-order chi connectivity index (χ0) is 5.91. The van der Waals surface area contributed by atoms with Gasteiger partial charge in [-0.05, 0) is 0 Å². The number of alkyl halides is 2. The van der Waals surface area contributed by atoms with Crippen LogP contribution in [0.2, 0.25) is 0 Å². The largest absolute Gasteiger partial charge is 0.392 e. The number of rotatable bonds is 2. The fraction of sp³-hybridized carbons (Fsp3) is 1.00. The van der Waals surface area contributed by atoms with Crippen molar-refractivity contribution in [2.24, 2.45) is 0 Å². The highest BCUT2D eigenvalue weighted by Crippen LogP contribution is 2.10. The van der Waals surface area contributed by atoms with Gasteiger partial charge in [0.2, 0.25) is 0 Å². The lowest BCUT2D eigenvalue weighted by atomic mass is 10.4. The van der Waals surface area contributed by atoms with Gasteiger partial charge in [0.15, 0.2) is 5.06 Å². The summed E-state index contributed by atoms with van der Waals surface area (Å²) in [6.45, 7) is -0.516. The van der Waals surface area contributed by atoms with Crippen molar-refractivity contribution in [3.8, 4) is 0 Å². The summed E-state index contributed by atoms with van der Waals surface area (Å²) in [5.41, 5.74) is 0. The first kappa shape index (κ1) is 7.50. The van der Waals surface area contributed by atoms with Crippen molar-refractivity contribution in [1.29, 1.82) is 0 Å². The van der Waals surface area contributed by atoms with Crippen molar-refractivity contribution in [2.75, 3.05) is 12.5 Å². The zero-order valence-corrected chi connectivity index (χ0v) is 5.08. The predicted octanol–water partition coefficient (Wildman–Crippen LogP) is 0.145. The molecule has 2 nitrogen and oxygen atoms in total. The minimum Gasteiger partial charge on any atom is -0.392 e. The fourth-order valence-corrected chi connectivity index (χ4v) is 0.127. The van der Waals surface area contributed by atoms with Crippen molar-refractivity contribution < 1.29 is 10.2 Å². The molecule has 1 atom stereocenters. The van der Waals surface area contributed by atoms with Gasteiger partial charge in [-0.3, -0.25) is 0 Å². The van der Waals surface area contributed by atoms with Crippen LogP contribution in [0.4, 0.5) is 0 Å². The molecule has 2 N–H and O–H groups in total. The van der Waals surface area contributed by atoms with Crippen LogP contribution in [0.5, 0.6) is 0 Å². The number of aliphatic hydroxyl groups is 2. The molecule has 0 aromatic heterocycles. The molecule has 0 aromatic rings. The minimum atomic E-state index is -1.62. The lowest BCUT2D eigenvalue weighted by Gasteiger charge is -2.11. The van der Waals surface area contributed by atoms with Gasteiger partial charge in [-0.15, -0.1) is 11.6 Å². The molecule has 1 unspecified atom stereocenters. The van der Waals surface area contributed by atoms with Crippen LogP contribution < -0.4 is 0 Å². The summed E-state index contributed by atoms with van der Waals surface area (Å²) in [4.78, 5) is 0. The quantitative estimate of drug-likeness (QED) is 0.542. The molecule has 0 heterocycles. The first-order chi connectivity index (χ1) is 3.12.